The number of hydrogen-bond acceptors (Lipinski definition) is 4. The van der Waals surface area contributed by atoms with Gasteiger partial charge in [-0.25, -0.2) is 0 Å². The largest absolute Gasteiger partial charge is 0.573 e. The van der Waals surface area contributed by atoms with Crippen LogP contribution in [0.3, 0.4) is 0 Å². The van der Waals surface area contributed by atoms with Gasteiger partial charge < -0.3 is 19.3 Å². The fourth-order valence-corrected chi connectivity index (χ4v) is 1.12. The molecular weight excluding hydrogens is 241 g/mol. The van der Waals surface area contributed by atoms with Gasteiger partial charge in [0.25, 0.3) is 0 Å². The van der Waals surface area contributed by atoms with E-state index in [-0.39, 0.29) is 19.1 Å². The van der Waals surface area contributed by atoms with Gasteiger partial charge in [-0.2, -0.15) is 0 Å². The lowest BCUT2D eigenvalue weighted by Gasteiger charge is -2.13. The van der Waals surface area contributed by atoms with Gasteiger partial charge in [-0.3, -0.25) is 0 Å². The normalized spacial score (nSPS) is 11.4. The van der Waals surface area contributed by atoms with Crippen LogP contribution >= 0.6 is 0 Å². The summed E-state index contributed by atoms with van der Waals surface area (Å²) < 4.78 is 49.3. The average molecular weight is 252 g/mol. The molecule has 1 N–H and O–H groups in total. The molecule has 0 aromatic heterocycles. The third-order valence-corrected chi connectivity index (χ3v) is 1.77. The zero-order valence-electron chi connectivity index (χ0n) is 8.95. The van der Waals surface area contributed by atoms with Gasteiger partial charge in [-0.15, -0.1) is 13.2 Å². The maximum absolute atomic E-state index is 12.0. The molecule has 0 radical (unpaired) electrons. The first kappa shape index (κ1) is 13.6. The van der Waals surface area contributed by atoms with Gasteiger partial charge in [0.05, 0.1) is 6.61 Å². The molecule has 0 aliphatic heterocycles. The summed E-state index contributed by atoms with van der Waals surface area (Å²) in [6.45, 7) is -0.492. The van der Waals surface area contributed by atoms with Crippen molar-refractivity contribution in [2.75, 3.05) is 13.9 Å². The zero-order valence-corrected chi connectivity index (χ0v) is 8.95. The van der Waals surface area contributed by atoms with Gasteiger partial charge in [-0.05, 0) is 12.1 Å². The number of aliphatic hydroxyl groups is 1. The van der Waals surface area contributed by atoms with Crippen LogP contribution in [0, 0.1) is 0 Å². The minimum Gasteiger partial charge on any atom is -0.467 e. The Hall–Kier alpha value is -1.47. The van der Waals surface area contributed by atoms with Gasteiger partial charge in [0, 0.05) is 18.7 Å². The van der Waals surface area contributed by atoms with Crippen molar-refractivity contribution < 1.29 is 32.5 Å². The Kier molecular flexibility index (Phi) is 4.59. The molecule has 4 nitrogen and oxygen atoms in total. The summed E-state index contributed by atoms with van der Waals surface area (Å²) in [6, 6.07) is 3.42. The molecule has 1 rings (SSSR count). The molecule has 0 heterocycles. The first-order valence-corrected chi connectivity index (χ1v) is 4.57. The summed E-state index contributed by atoms with van der Waals surface area (Å²) in [5.41, 5.74) is 0.344. The van der Waals surface area contributed by atoms with E-state index in [1.165, 1.54) is 13.2 Å². The lowest BCUT2D eigenvalue weighted by Crippen LogP contribution is -2.17. The average Bonchev–Trinajstić information content (AvgIpc) is 2.24. The summed E-state index contributed by atoms with van der Waals surface area (Å²) in [5.74, 6) is -0.336. The monoisotopic (exact) mass is 252 g/mol. The van der Waals surface area contributed by atoms with E-state index >= 15 is 0 Å². The molecule has 0 saturated heterocycles. The molecule has 1 aromatic rings. The lowest BCUT2D eigenvalue weighted by atomic mass is 10.2. The smallest absolute Gasteiger partial charge is 0.467 e. The Bertz CT molecular complexity index is 365. The van der Waals surface area contributed by atoms with Crippen LogP contribution in [0.4, 0.5) is 13.2 Å². The Morgan fingerprint density at radius 3 is 2.53 bits per heavy atom. The minimum absolute atomic E-state index is 0.0797. The van der Waals surface area contributed by atoms with Crippen molar-refractivity contribution in [2.24, 2.45) is 0 Å². The molecule has 1 aromatic carbocycles. The molecular formula is C10H11F3O4. The highest BCUT2D eigenvalue weighted by atomic mass is 19.4. The molecule has 7 heteroatoms. The highest BCUT2D eigenvalue weighted by Gasteiger charge is 2.31. The Morgan fingerprint density at radius 1 is 1.29 bits per heavy atom. The van der Waals surface area contributed by atoms with E-state index in [0.717, 1.165) is 12.1 Å². The van der Waals surface area contributed by atoms with E-state index in [1.54, 1.807) is 0 Å². The number of rotatable bonds is 5. The first-order valence-electron chi connectivity index (χ1n) is 4.57. The Morgan fingerprint density at radius 2 is 2.00 bits per heavy atom. The van der Waals surface area contributed by atoms with E-state index in [2.05, 4.69) is 9.47 Å². The summed E-state index contributed by atoms with van der Waals surface area (Å²) in [6.07, 6.45) is -4.76. The van der Waals surface area contributed by atoms with Crippen molar-refractivity contribution in [3.63, 3.8) is 0 Å². The highest BCUT2D eigenvalue weighted by molar-refractivity contribution is 5.40. The molecule has 0 aliphatic carbocycles. The molecule has 0 atom stereocenters. The van der Waals surface area contributed by atoms with E-state index < -0.39 is 12.1 Å². The third-order valence-electron chi connectivity index (χ3n) is 1.77. The van der Waals surface area contributed by atoms with Gasteiger partial charge in [0.15, 0.2) is 6.79 Å². The standard InChI is InChI=1S/C10H11F3O4/c1-15-6-16-9-4-8(17-10(11,12)13)3-2-7(9)5-14/h2-4,14H,5-6H2,1H3. The van der Waals surface area contributed by atoms with E-state index in [1.807, 2.05) is 0 Å². The van der Waals surface area contributed by atoms with Crippen molar-refractivity contribution in [2.45, 2.75) is 13.0 Å². The van der Waals surface area contributed by atoms with Gasteiger partial charge in [0.2, 0.25) is 0 Å². The first-order chi connectivity index (χ1) is 7.96. The van der Waals surface area contributed by atoms with Gasteiger partial charge in [0.1, 0.15) is 11.5 Å². The Balaban J connectivity index is 2.88. The number of benzene rings is 1. The second-order valence-corrected chi connectivity index (χ2v) is 3.03. The molecule has 0 aliphatic rings. The predicted molar refractivity (Wildman–Crippen MR) is 51.6 cm³/mol. The van der Waals surface area contributed by atoms with Crippen LogP contribution in [-0.2, 0) is 11.3 Å². The maximum Gasteiger partial charge on any atom is 0.573 e. The van der Waals surface area contributed by atoms with Crippen molar-refractivity contribution in [1.82, 2.24) is 0 Å². The summed E-state index contributed by atoms with van der Waals surface area (Å²) in [5, 5.41) is 8.96. The molecule has 0 bridgehead atoms. The molecule has 0 unspecified atom stereocenters. The second-order valence-electron chi connectivity index (χ2n) is 3.03. The van der Waals surface area contributed by atoms with Crippen LogP contribution in [-0.4, -0.2) is 25.4 Å². The zero-order chi connectivity index (χ0) is 12.9. The van der Waals surface area contributed by atoms with E-state index in [0.29, 0.717) is 5.56 Å². The van der Waals surface area contributed by atoms with Crippen molar-refractivity contribution in [3.8, 4) is 11.5 Å². The summed E-state index contributed by atoms with van der Waals surface area (Å²) in [4.78, 5) is 0. The van der Waals surface area contributed by atoms with Crippen LogP contribution in [0.1, 0.15) is 5.56 Å². The van der Waals surface area contributed by atoms with Crippen LogP contribution in [0.5, 0.6) is 11.5 Å². The molecule has 0 saturated carbocycles. The SMILES string of the molecule is COCOc1cc(OC(F)(F)F)ccc1CO. The Labute approximate surface area is 95.5 Å². The second kappa shape index (κ2) is 5.74. The predicted octanol–water partition coefficient (Wildman–Crippen LogP) is 2.06. The topological polar surface area (TPSA) is 47.9 Å². The van der Waals surface area contributed by atoms with Crippen molar-refractivity contribution in [3.05, 3.63) is 23.8 Å². The molecule has 0 spiro atoms. The number of hydrogen-bond donors (Lipinski definition) is 1. The molecule has 96 valence electrons. The van der Waals surface area contributed by atoms with Crippen molar-refractivity contribution >= 4 is 0 Å². The fraction of sp³-hybridized carbons (Fsp3) is 0.400. The number of alkyl halides is 3. The van der Waals surface area contributed by atoms with Crippen LogP contribution in [0.15, 0.2) is 18.2 Å². The maximum atomic E-state index is 12.0. The lowest BCUT2D eigenvalue weighted by molar-refractivity contribution is -0.274. The van der Waals surface area contributed by atoms with Crippen LogP contribution in [0.25, 0.3) is 0 Å². The van der Waals surface area contributed by atoms with Gasteiger partial charge in [-0.1, -0.05) is 0 Å². The third kappa shape index (κ3) is 4.49. The fourth-order valence-electron chi connectivity index (χ4n) is 1.12. The van der Waals surface area contributed by atoms with Crippen molar-refractivity contribution in [1.29, 1.82) is 0 Å². The molecule has 0 fully saturated rings. The van der Waals surface area contributed by atoms with E-state index in [9.17, 15) is 13.2 Å². The summed E-state index contributed by atoms with van der Waals surface area (Å²) in [7, 11) is 1.37. The van der Waals surface area contributed by atoms with E-state index in [4.69, 9.17) is 9.84 Å². The number of aliphatic hydroxyl groups excluding tert-OH is 1. The van der Waals surface area contributed by atoms with Gasteiger partial charge >= 0.3 is 6.36 Å². The summed E-state index contributed by atoms with van der Waals surface area (Å²) >= 11 is 0. The molecule has 17 heavy (non-hydrogen) atoms. The number of ether oxygens (including phenoxy) is 3. The number of methoxy groups -OCH3 is 1. The molecule has 0 amide bonds. The minimum atomic E-state index is -4.76. The number of halogens is 3. The quantitative estimate of drug-likeness (QED) is 0.815. The highest BCUT2D eigenvalue weighted by Crippen LogP contribution is 2.29. The van der Waals surface area contributed by atoms with Crippen LogP contribution in [0.2, 0.25) is 0 Å². The van der Waals surface area contributed by atoms with Crippen LogP contribution < -0.4 is 9.47 Å².